The highest BCUT2D eigenvalue weighted by Crippen LogP contribution is 2.21. The number of thiazole rings is 1. The van der Waals surface area contributed by atoms with Gasteiger partial charge in [0.25, 0.3) is 0 Å². The van der Waals surface area contributed by atoms with Crippen molar-refractivity contribution in [2.24, 2.45) is 5.92 Å². The molecule has 1 aliphatic heterocycles. The summed E-state index contributed by atoms with van der Waals surface area (Å²) in [6.45, 7) is 0.328. The lowest BCUT2D eigenvalue weighted by Gasteiger charge is -2.09. The lowest BCUT2D eigenvalue weighted by molar-refractivity contribution is 0.544. The summed E-state index contributed by atoms with van der Waals surface area (Å²) in [6.07, 6.45) is 1.56. The molecule has 1 N–H and O–H groups in total. The van der Waals surface area contributed by atoms with E-state index in [9.17, 15) is 16.8 Å². The summed E-state index contributed by atoms with van der Waals surface area (Å²) in [6, 6.07) is 0. The van der Waals surface area contributed by atoms with Crippen LogP contribution in [0.15, 0.2) is 10.9 Å². The zero-order chi connectivity index (χ0) is 14.6. The molecule has 1 aliphatic rings. The third-order valence-electron chi connectivity index (χ3n) is 3.31. The van der Waals surface area contributed by atoms with Crippen LogP contribution in [0.4, 0.5) is 0 Å². The standard InChI is InChI=1S/C11H18N2O4S3/c14-19(15)5-2-10(8-19)3-6-20(16,17)13-4-1-11-7-18-9-12-11/h7,9-10,13H,1-6,8H2. The molecule has 1 unspecified atom stereocenters. The first-order valence-electron chi connectivity index (χ1n) is 6.41. The number of nitrogens with zero attached hydrogens (tertiary/aromatic N) is 1. The van der Waals surface area contributed by atoms with E-state index in [4.69, 9.17) is 0 Å². The van der Waals surface area contributed by atoms with Gasteiger partial charge in [0.2, 0.25) is 10.0 Å². The zero-order valence-corrected chi connectivity index (χ0v) is 13.4. The van der Waals surface area contributed by atoms with Gasteiger partial charge in [0.1, 0.15) is 0 Å². The van der Waals surface area contributed by atoms with Crippen molar-refractivity contribution in [3.8, 4) is 0 Å². The molecule has 0 saturated carbocycles. The Balaban J connectivity index is 1.71. The van der Waals surface area contributed by atoms with Crippen LogP contribution in [0.25, 0.3) is 0 Å². The van der Waals surface area contributed by atoms with Gasteiger partial charge >= 0.3 is 0 Å². The first kappa shape index (κ1) is 15.9. The number of sulfone groups is 1. The van der Waals surface area contributed by atoms with Crippen LogP contribution in [0.3, 0.4) is 0 Å². The quantitative estimate of drug-likeness (QED) is 0.778. The van der Waals surface area contributed by atoms with Gasteiger partial charge in [0.05, 0.1) is 28.5 Å². The summed E-state index contributed by atoms with van der Waals surface area (Å²) in [5.74, 6) is 0.288. The van der Waals surface area contributed by atoms with Crippen LogP contribution in [0.5, 0.6) is 0 Å². The van der Waals surface area contributed by atoms with Gasteiger partial charge in [-0.05, 0) is 18.8 Å². The summed E-state index contributed by atoms with van der Waals surface area (Å²) in [5.41, 5.74) is 2.59. The second-order valence-corrected chi connectivity index (χ2v) is 9.87. The molecule has 1 aromatic heterocycles. The van der Waals surface area contributed by atoms with E-state index in [0.29, 0.717) is 25.8 Å². The molecule has 0 aliphatic carbocycles. The van der Waals surface area contributed by atoms with E-state index in [-0.39, 0.29) is 23.2 Å². The lowest BCUT2D eigenvalue weighted by atomic mass is 10.1. The van der Waals surface area contributed by atoms with Crippen molar-refractivity contribution in [3.63, 3.8) is 0 Å². The van der Waals surface area contributed by atoms with E-state index >= 15 is 0 Å². The minimum absolute atomic E-state index is 0.00967. The zero-order valence-electron chi connectivity index (χ0n) is 11.0. The Morgan fingerprint density at radius 3 is 2.85 bits per heavy atom. The maximum absolute atomic E-state index is 11.8. The van der Waals surface area contributed by atoms with E-state index < -0.39 is 19.9 Å². The van der Waals surface area contributed by atoms with Crippen molar-refractivity contribution in [1.29, 1.82) is 0 Å². The number of aromatic nitrogens is 1. The van der Waals surface area contributed by atoms with Gasteiger partial charge < -0.3 is 0 Å². The molecule has 114 valence electrons. The fourth-order valence-electron chi connectivity index (χ4n) is 2.19. The van der Waals surface area contributed by atoms with Crippen LogP contribution in [0.2, 0.25) is 0 Å². The van der Waals surface area contributed by atoms with Crippen LogP contribution >= 0.6 is 11.3 Å². The molecule has 0 bridgehead atoms. The minimum Gasteiger partial charge on any atom is -0.250 e. The first-order valence-corrected chi connectivity index (χ1v) is 10.8. The highest BCUT2D eigenvalue weighted by atomic mass is 32.2. The molecule has 0 aromatic carbocycles. The number of hydrogen-bond donors (Lipinski definition) is 1. The van der Waals surface area contributed by atoms with Gasteiger partial charge in [0.15, 0.2) is 9.84 Å². The van der Waals surface area contributed by atoms with E-state index in [1.165, 1.54) is 11.3 Å². The molecule has 6 nitrogen and oxygen atoms in total. The first-order chi connectivity index (χ1) is 9.36. The topological polar surface area (TPSA) is 93.2 Å². The molecule has 0 spiro atoms. The van der Waals surface area contributed by atoms with Crippen molar-refractivity contribution < 1.29 is 16.8 Å². The molecule has 1 aromatic rings. The summed E-state index contributed by atoms with van der Waals surface area (Å²) < 4.78 is 48.7. The Kier molecular flexibility index (Phi) is 5.16. The smallest absolute Gasteiger partial charge is 0.211 e. The molecule has 9 heteroatoms. The van der Waals surface area contributed by atoms with Crippen molar-refractivity contribution >= 4 is 31.2 Å². The van der Waals surface area contributed by atoms with Crippen LogP contribution in [0, 0.1) is 5.92 Å². The molecular formula is C11H18N2O4S3. The maximum atomic E-state index is 11.8. The fourth-order valence-corrected chi connectivity index (χ4v) is 5.89. The van der Waals surface area contributed by atoms with Crippen molar-refractivity contribution in [1.82, 2.24) is 9.71 Å². The number of hydrogen-bond acceptors (Lipinski definition) is 6. The van der Waals surface area contributed by atoms with Gasteiger partial charge in [-0.2, -0.15) is 0 Å². The Hall–Kier alpha value is -0.510. The highest BCUT2D eigenvalue weighted by Gasteiger charge is 2.28. The molecule has 2 rings (SSSR count). The lowest BCUT2D eigenvalue weighted by Crippen LogP contribution is -2.29. The Bertz CT molecular complexity index is 623. The Morgan fingerprint density at radius 2 is 2.25 bits per heavy atom. The average molecular weight is 338 g/mol. The molecule has 1 fully saturated rings. The molecule has 20 heavy (non-hydrogen) atoms. The molecule has 2 heterocycles. The summed E-state index contributed by atoms with van der Waals surface area (Å²) >= 11 is 1.48. The number of rotatable bonds is 7. The highest BCUT2D eigenvalue weighted by molar-refractivity contribution is 7.91. The van der Waals surface area contributed by atoms with Crippen LogP contribution in [-0.2, 0) is 26.3 Å². The van der Waals surface area contributed by atoms with Gasteiger partial charge in [-0.25, -0.2) is 26.5 Å². The fraction of sp³-hybridized carbons (Fsp3) is 0.727. The van der Waals surface area contributed by atoms with Gasteiger partial charge in [-0.3, -0.25) is 0 Å². The van der Waals surface area contributed by atoms with Crippen LogP contribution in [0.1, 0.15) is 18.5 Å². The van der Waals surface area contributed by atoms with Gasteiger partial charge in [-0.1, -0.05) is 0 Å². The molecular weight excluding hydrogens is 320 g/mol. The predicted molar refractivity (Wildman–Crippen MR) is 79.0 cm³/mol. The van der Waals surface area contributed by atoms with Crippen molar-refractivity contribution in [3.05, 3.63) is 16.6 Å². The second kappa shape index (κ2) is 6.50. The third kappa shape index (κ3) is 5.12. The van der Waals surface area contributed by atoms with E-state index in [1.54, 1.807) is 5.51 Å². The summed E-state index contributed by atoms with van der Waals surface area (Å²) in [4.78, 5) is 4.08. The Labute approximate surface area is 123 Å². The van der Waals surface area contributed by atoms with Crippen molar-refractivity contribution in [2.45, 2.75) is 19.3 Å². The van der Waals surface area contributed by atoms with Crippen LogP contribution < -0.4 is 4.72 Å². The molecule has 0 amide bonds. The van der Waals surface area contributed by atoms with Gasteiger partial charge in [0, 0.05) is 18.3 Å². The van der Waals surface area contributed by atoms with Crippen molar-refractivity contribution in [2.75, 3.05) is 23.8 Å². The number of nitrogens with one attached hydrogen (secondary N) is 1. The normalized spacial score (nSPS) is 22.1. The van der Waals surface area contributed by atoms with E-state index in [1.807, 2.05) is 5.38 Å². The second-order valence-electron chi connectivity index (χ2n) is 5.00. The Morgan fingerprint density at radius 1 is 1.45 bits per heavy atom. The molecule has 1 saturated heterocycles. The predicted octanol–water partition coefficient (Wildman–Crippen LogP) is 0.430. The summed E-state index contributed by atoms with van der Waals surface area (Å²) in [7, 11) is -6.26. The maximum Gasteiger partial charge on any atom is 0.211 e. The monoisotopic (exact) mass is 338 g/mol. The largest absolute Gasteiger partial charge is 0.250 e. The average Bonchev–Trinajstić information content (AvgIpc) is 2.96. The summed E-state index contributed by atoms with van der Waals surface area (Å²) in [5, 5.41) is 1.89. The minimum atomic E-state index is -3.33. The molecule has 1 atom stereocenters. The van der Waals surface area contributed by atoms with Crippen LogP contribution in [-0.4, -0.2) is 45.6 Å². The van der Waals surface area contributed by atoms with E-state index in [2.05, 4.69) is 9.71 Å². The third-order valence-corrected chi connectivity index (χ3v) is 7.20. The van der Waals surface area contributed by atoms with E-state index in [0.717, 1.165) is 5.69 Å². The SMILES string of the molecule is O=S1(=O)CCC(CCS(=O)(=O)NCCc2cscn2)C1. The van der Waals surface area contributed by atoms with Gasteiger partial charge in [-0.15, -0.1) is 11.3 Å². The molecule has 0 radical (unpaired) electrons. The number of sulfonamides is 1.